The van der Waals surface area contributed by atoms with Crippen LogP contribution in [0.25, 0.3) is 10.4 Å². The van der Waals surface area contributed by atoms with Crippen LogP contribution in [0.15, 0.2) is 63.9 Å². The molecule has 11 heteroatoms. The summed E-state index contributed by atoms with van der Waals surface area (Å²) < 4.78 is 11.3. The first-order chi connectivity index (χ1) is 19.9. The second-order valence-corrected chi connectivity index (χ2v) is 11.8. The third-order valence-electron chi connectivity index (χ3n) is 6.92. The van der Waals surface area contributed by atoms with E-state index in [1.54, 1.807) is 42.5 Å². The van der Waals surface area contributed by atoms with Crippen molar-refractivity contribution in [2.45, 2.75) is 31.6 Å². The number of rotatable bonds is 7. The molecule has 1 atom stereocenters. The van der Waals surface area contributed by atoms with Gasteiger partial charge in [0.05, 0.1) is 29.4 Å². The van der Waals surface area contributed by atoms with Crippen LogP contribution in [0.3, 0.4) is 0 Å². The maximum atomic E-state index is 13.4. The van der Waals surface area contributed by atoms with Crippen molar-refractivity contribution in [3.05, 3.63) is 97.0 Å². The van der Waals surface area contributed by atoms with Gasteiger partial charge in [-0.1, -0.05) is 41.6 Å². The number of carbonyl (C=O) groups excluding carboxylic acids is 1. The fourth-order valence-corrected chi connectivity index (χ4v) is 6.95. The van der Waals surface area contributed by atoms with Crippen LogP contribution in [0.1, 0.15) is 40.9 Å². The van der Waals surface area contributed by atoms with Gasteiger partial charge >= 0.3 is 5.97 Å². The lowest BCUT2D eigenvalue weighted by Crippen LogP contribution is -2.28. The molecule has 0 fully saturated rings. The molecule has 0 spiro atoms. The molecular formula is C30H26ClN5O3S2. The second kappa shape index (κ2) is 12.4. The minimum absolute atomic E-state index is 0.0933. The number of pyridine rings is 1. The molecule has 1 unspecified atom stereocenters. The lowest BCUT2D eigenvalue weighted by Gasteiger charge is -2.29. The molecule has 2 N–H and O–H groups in total. The van der Waals surface area contributed by atoms with Crippen LogP contribution in [0.2, 0.25) is 5.02 Å². The number of aromatic nitrogens is 1. The Morgan fingerprint density at radius 2 is 2.07 bits per heavy atom. The molecule has 5 rings (SSSR count). The van der Waals surface area contributed by atoms with Crippen LogP contribution in [-0.2, 0) is 33.0 Å². The highest BCUT2D eigenvalue weighted by molar-refractivity contribution is 8.02. The molecule has 0 aliphatic carbocycles. The summed E-state index contributed by atoms with van der Waals surface area (Å²) in [5.74, 6) is -1.28. The van der Waals surface area contributed by atoms with E-state index in [1.165, 1.54) is 11.8 Å². The third-order valence-corrected chi connectivity index (χ3v) is 9.04. The summed E-state index contributed by atoms with van der Waals surface area (Å²) in [7, 11) is 2.06. The highest BCUT2D eigenvalue weighted by atomic mass is 35.5. The SMILES string of the molecule is CCOC(=O)C1=C(SCc2nc3c(c(-c4cccs4)c2C#N)CN(C)CC3)OC(N)=C(C#N)C1c1ccc(Cl)cc1. The maximum Gasteiger partial charge on any atom is 0.339 e. The Bertz CT molecular complexity index is 1640. The van der Waals surface area contributed by atoms with Gasteiger partial charge in [-0.2, -0.15) is 10.5 Å². The van der Waals surface area contributed by atoms with E-state index >= 15 is 0 Å². The number of nitriles is 2. The average Bonchev–Trinajstić information content (AvgIpc) is 3.50. The number of hydrogen-bond donors (Lipinski definition) is 1. The first-order valence-electron chi connectivity index (χ1n) is 12.9. The predicted octanol–water partition coefficient (Wildman–Crippen LogP) is 5.84. The van der Waals surface area contributed by atoms with Gasteiger partial charge in [-0.25, -0.2) is 4.79 Å². The molecule has 2 aliphatic heterocycles. The molecule has 0 bridgehead atoms. The zero-order chi connectivity index (χ0) is 29.1. The van der Waals surface area contributed by atoms with Crippen LogP contribution >= 0.6 is 34.7 Å². The Balaban J connectivity index is 1.60. The Labute approximate surface area is 251 Å². The number of allylic oxidation sites excluding steroid dienone is 1. The monoisotopic (exact) mass is 603 g/mol. The van der Waals surface area contributed by atoms with Crippen molar-refractivity contribution in [2.75, 3.05) is 20.2 Å². The molecule has 0 saturated carbocycles. The van der Waals surface area contributed by atoms with Gasteiger partial charge in [0, 0.05) is 46.4 Å². The van der Waals surface area contributed by atoms with Gasteiger partial charge in [0.2, 0.25) is 5.88 Å². The maximum absolute atomic E-state index is 13.4. The molecule has 2 aromatic heterocycles. The standard InChI is InChI=1S/C30H26ClN5O3S2/c1-3-38-29(37)27-25(17-6-8-18(31)9-7-17)20(14-33)28(34)39-30(27)41-16-23-19(13-32)26(24-5-4-12-40-24)21-15-36(2)11-10-22(21)35-23/h4-9,12,25H,3,10-11,15-16,34H2,1-2H3. The Morgan fingerprint density at radius 1 is 1.29 bits per heavy atom. The summed E-state index contributed by atoms with van der Waals surface area (Å²) >= 11 is 8.90. The van der Waals surface area contributed by atoms with E-state index in [0.717, 1.165) is 34.7 Å². The van der Waals surface area contributed by atoms with E-state index in [-0.39, 0.29) is 34.5 Å². The van der Waals surface area contributed by atoms with E-state index in [9.17, 15) is 15.3 Å². The minimum atomic E-state index is -0.809. The number of ether oxygens (including phenoxy) is 2. The first kappa shape index (κ1) is 28.7. The van der Waals surface area contributed by atoms with E-state index in [0.29, 0.717) is 28.4 Å². The van der Waals surface area contributed by atoms with Crippen molar-refractivity contribution in [2.24, 2.45) is 5.73 Å². The quantitative estimate of drug-likeness (QED) is 0.331. The van der Waals surface area contributed by atoms with Gasteiger partial charge in [-0.05, 0) is 48.7 Å². The van der Waals surface area contributed by atoms with E-state index in [4.69, 9.17) is 31.8 Å². The summed E-state index contributed by atoms with van der Waals surface area (Å²) in [6.07, 6.45) is 0.765. The summed E-state index contributed by atoms with van der Waals surface area (Å²) in [5.41, 5.74) is 11.2. The van der Waals surface area contributed by atoms with Crippen LogP contribution in [0.4, 0.5) is 0 Å². The second-order valence-electron chi connectivity index (χ2n) is 9.50. The van der Waals surface area contributed by atoms with E-state index in [2.05, 4.69) is 24.1 Å². The molecule has 1 aromatic carbocycles. The largest absolute Gasteiger partial charge is 0.462 e. The number of nitrogens with zero attached hydrogens (tertiary/aromatic N) is 4. The summed E-state index contributed by atoms with van der Waals surface area (Å²) in [4.78, 5) is 21.5. The van der Waals surface area contributed by atoms with Crippen molar-refractivity contribution in [1.29, 1.82) is 10.5 Å². The number of nitrogens with two attached hydrogens (primary N) is 1. The van der Waals surface area contributed by atoms with Crippen molar-refractivity contribution in [1.82, 2.24) is 9.88 Å². The summed E-state index contributed by atoms with van der Waals surface area (Å²) in [6, 6.07) is 15.4. The van der Waals surface area contributed by atoms with Crippen molar-refractivity contribution in [3.8, 4) is 22.6 Å². The number of fused-ring (bicyclic) bond motifs is 1. The normalized spacial score (nSPS) is 17.0. The van der Waals surface area contributed by atoms with Gasteiger partial charge in [0.15, 0.2) is 5.09 Å². The highest BCUT2D eigenvalue weighted by Gasteiger charge is 2.38. The van der Waals surface area contributed by atoms with Crippen molar-refractivity contribution >= 4 is 40.7 Å². The van der Waals surface area contributed by atoms with Gasteiger partial charge < -0.3 is 20.1 Å². The number of carbonyl (C=O) groups is 1. The molecule has 0 saturated heterocycles. The fourth-order valence-electron chi connectivity index (χ4n) is 5.04. The molecule has 0 amide bonds. The van der Waals surface area contributed by atoms with Gasteiger partial charge in [0.25, 0.3) is 0 Å². The number of thiophene rings is 1. The van der Waals surface area contributed by atoms with Crippen LogP contribution < -0.4 is 5.73 Å². The zero-order valence-electron chi connectivity index (χ0n) is 22.4. The van der Waals surface area contributed by atoms with Gasteiger partial charge in [0.1, 0.15) is 17.7 Å². The third kappa shape index (κ3) is 5.70. The minimum Gasteiger partial charge on any atom is -0.462 e. The highest BCUT2D eigenvalue weighted by Crippen LogP contribution is 2.45. The molecule has 8 nitrogen and oxygen atoms in total. The first-order valence-corrected chi connectivity index (χ1v) is 15.1. The average molecular weight is 604 g/mol. The smallest absolute Gasteiger partial charge is 0.339 e. The van der Waals surface area contributed by atoms with E-state index < -0.39 is 11.9 Å². The van der Waals surface area contributed by atoms with Gasteiger partial charge in [-0.15, -0.1) is 11.3 Å². The topological polar surface area (TPSA) is 125 Å². The van der Waals surface area contributed by atoms with Crippen molar-refractivity contribution in [3.63, 3.8) is 0 Å². The predicted molar refractivity (Wildman–Crippen MR) is 159 cm³/mol. The van der Waals surface area contributed by atoms with E-state index in [1.807, 2.05) is 17.5 Å². The van der Waals surface area contributed by atoms with Gasteiger partial charge in [-0.3, -0.25) is 4.98 Å². The Kier molecular flexibility index (Phi) is 8.67. The lowest BCUT2D eigenvalue weighted by atomic mass is 9.84. The van der Waals surface area contributed by atoms with Crippen LogP contribution in [0.5, 0.6) is 0 Å². The molecule has 3 aromatic rings. The number of esters is 1. The number of likely N-dealkylation sites (N-methyl/N-ethyl adjacent to an activating group) is 1. The zero-order valence-corrected chi connectivity index (χ0v) is 24.8. The molecule has 41 heavy (non-hydrogen) atoms. The summed E-state index contributed by atoms with van der Waals surface area (Å²) in [6.45, 7) is 3.42. The summed E-state index contributed by atoms with van der Waals surface area (Å²) in [5, 5.41) is 23.0. The Hall–Kier alpha value is -3.80. The molecule has 4 heterocycles. The number of hydrogen-bond acceptors (Lipinski definition) is 10. The fraction of sp³-hybridized carbons (Fsp3) is 0.267. The van der Waals surface area contributed by atoms with Crippen LogP contribution in [-0.4, -0.2) is 36.1 Å². The number of benzene rings is 1. The number of halogens is 1. The Morgan fingerprint density at radius 3 is 2.73 bits per heavy atom. The van der Waals surface area contributed by atoms with Crippen LogP contribution in [0, 0.1) is 22.7 Å². The molecule has 2 aliphatic rings. The molecular weight excluding hydrogens is 578 g/mol. The lowest BCUT2D eigenvalue weighted by molar-refractivity contribution is -0.139. The number of thioether (sulfide) groups is 1. The molecule has 208 valence electrons. The van der Waals surface area contributed by atoms with Crippen molar-refractivity contribution < 1.29 is 14.3 Å². The molecule has 0 radical (unpaired) electrons.